The molecular formula is C27H45N9O8. The van der Waals surface area contributed by atoms with Crippen LogP contribution in [0.25, 0.3) is 0 Å². The highest BCUT2D eigenvalue weighted by atomic mass is 16.6. The number of nitrogens with zero attached hydrogens (tertiary/aromatic N) is 4. The Morgan fingerprint density at radius 1 is 0.932 bits per heavy atom. The van der Waals surface area contributed by atoms with Crippen LogP contribution in [-0.2, 0) is 20.8 Å². The van der Waals surface area contributed by atoms with Crippen molar-refractivity contribution in [3.63, 3.8) is 0 Å². The van der Waals surface area contributed by atoms with E-state index in [1.807, 2.05) is 5.32 Å². The Morgan fingerprint density at radius 3 is 2.05 bits per heavy atom. The Bertz CT molecular complexity index is 1250. The van der Waals surface area contributed by atoms with E-state index < -0.39 is 47.2 Å². The number of aromatic nitrogens is 2. The van der Waals surface area contributed by atoms with Gasteiger partial charge < -0.3 is 35.3 Å². The summed E-state index contributed by atoms with van der Waals surface area (Å²) in [5.74, 6) is 0.115. The van der Waals surface area contributed by atoms with Gasteiger partial charge in [0.05, 0.1) is 12.2 Å². The number of rotatable bonds is 5. The second kappa shape index (κ2) is 14.7. The number of alkyl carbamates (subject to hydrolysis) is 1. The molecule has 1 aliphatic rings. The molecule has 6 N–H and O–H groups in total. The van der Waals surface area contributed by atoms with Gasteiger partial charge in [-0.1, -0.05) is 0 Å². The Morgan fingerprint density at radius 2 is 1.50 bits per heavy atom. The van der Waals surface area contributed by atoms with Gasteiger partial charge in [-0.2, -0.15) is 5.10 Å². The molecule has 0 radical (unpaired) electrons. The van der Waals surface area contributed by atoms with Crippen LogP contribution in [-0.4, -0.2) is 81.1 Å². The number of carbonyl (C=O) groups excluding carboxylic acids is 3. The molecule has 17 heteroatoms. The lowest BCUT2D eigenvalue weighted by molar-refractivity contribution is 0.0556. The molecule has 0 fully saturated rings. The molecule has 2 heterocycles. The van der Waals surface area contributed by atoms with E-state index in [1.54, 1.807) is 73.2 Å². The van der Waals surface area contributed by atoms with Gasteiger partial charge in [0.1, 0.15) is 22.6 Å². The molecule has 17 nitrogen and oxygen atoms in total. The molecule has 1 atom stereocenters. The molecule has 0 bridgehead atoms. The average molecular weight is 624 g/mol. The molecule has 44 heavy (non-hydrogen) atoms. The fourth-order valence-electron chi connectivity index (χ4n) is 3.72. The molecule has 0 saturated carbocycles. The summed E-state index contributed by atoms with van der Waals surface area (Å²) in [5, 5.41) is 27.3. The predicted octanol–water partition coefficient (Wildman–Crippen LogP) is 3.68. The third-order valence-corrected chi connectivity index (χ3v) is 5.16. The van der Waals surface area contributed by atoms with E-state index in [0.29, 0.717) is 24.5 Å². The number of hydrogen-bond acceptors (Lipinski definition) is 9. The van der Waals surface area contributed by atoms with Crippen LogP contribution in [0.5, 0.6) is 0 Å². The summed E-state index contributed by atoms with van der Waals surface area (Å²) >= 11 is 0. The van der Waals surface area contributed by atoms with Crippen LogP contribution in [0.3, 0.4) is 0 Å². The van der Waals surface area contributed by atoms with Crippen molar-refractivity contribution in [2.75, 3.05) is 18.4 Å². The zero-order valence-electron chi connectivity index (χ0n) is 26.8. The summed E-state index contributed by atoms with van der Waals surface area (Å²) < 4.78 is 17.6. The van der Waals surface area contributed by atoms with Gasteiger partial charge in [-0.15, -0.1) is 9.98 Å². The summed E-state index contributed by atoms with van der Waals surface area (Å²) in [5.41, 5.74) is -1.85. The maximum atomic E-state index is 12.7. The minimum Gasteiger partial charge on any atom is -0.465 e. The van der Waals surface area contributed by atoms with Crippen molar-refractivity contribution in [1.29, 1.82) is 0 Å². The van der Waals surface area contributed by atoms with Crippen LogP contribution in [0, 0.1) is 0 Å². The summed E-state index contributed by atoms with van der Waals surface area (Å²) in [6, 6.07) is -0.666. The number of carbonyl (C=O) groups is 4. The second-order valence-corrected chi connectivity index (χ2v) is 12.8. The molecule has 0 spiro atoms. The second-order valence-electron chi connectivity index (χ2n) is 12.8. The van der Waals surface area contributed by atoms with Gasteiger partial charge in [0.2, 0.25) is 11.9 Å². The normalized spacial score (nSPS) is 14.8. The average Bonchev–Trinajstić information content (AvgIpc) is 3.23. The van der Waals surface area contributed by atoms with E-state index >= 15 is 0 Å². The minimum absolute atomic E-state index is 0.0519. The lowest BCUT2D eigenvalue weighted by Gasteiger charge is -2.25. The molecule has 1 aromatic heterocycles. The van der Waals surface area contributed by atoms with Gasteiger partial charge in [0, 0.05) is 25.2 Å². The van der Waals surface area contributed by atoms with E-state index in [2.05, 4.69) is 36.4 Å². The number of guanidine groups is 2. The summed E-state index contributed by atoms with van der Waals surface area (Å²) in [7, 11) is 0. The Hall–Kier alpha value is -4.57. The van der Waals surface area contributed by atoms with E-state index in [0.717, 1.165) is 6.42 Å². The van der Waals surface area contributed by atoms with Crippen LogP contribution < -0.4 is 26.6 Å². The highest BCUT2D eigenvalue weighted by molar-refractivity contribution is 5.99. The number of ether oxygens (including phenoxy) is 3. The third kappa shape index (κ3) is 13.6. The van der Waals surface area contributed by atoms with Gasteiger partial charge in [-0.25, -0.2) is 23.9 Å². The highest BCUT2D eigenvalue weighted by Gasteiger charge is 2.26. The van der Waals surface area contributed by atoms with E-state index in [1.165, 1.54) is 0 Å². The summed E-state index contributed by atoms with van der Waals surface area (Å²) in [6.45, 7) is 16.5. The Balaban J connectivity index is 2.39. The number of anilines is 1. The van der Waals surface area contributed by atoms with Crippen LogP contribution in [0.15, 0.2) is 16.2 Å². The maximum absolute atomic E-state index is 12.7. The van der Waals surface area contributed by atoms with Crippen molar-refractivity contribution in [2.24, 2.45) is 9.98 Å². The number of amides is 4. The van der Waals surface area contributed by atoms with Crippen molar-refractivity contribution < 1.29 is 38.5 Å². The topological polar surface area (TPSA) is 219 Å². The van der Waals surface area contributed by atoms with E-state index in [9.17, 15) is 24.3 Å². The van der Waals surface area contributed by atoms with Crippen LogP contribution >= 0.6 is 0 Å². The molecule has 0 saturated heterocycles. The molecule has 0 aromatic carbocycles. The van der Waals surface area contributed by atoms with Gasteiger partial charge >= 0.3 is 24.4 Å². The SMILES string of the molecule is CC(C)(C)OC(=O)/N=C(/NCCC(N/C(=N\C(=O)OC(C)(C)C)NC(=O)OC(C)(C)C)c1cnn2c1NCCC2)NC(=O)O. The molecule has 0 aliphatic carbocycles. The van der Waals surface area contributed by atoms with E-state index in [4.69, 9.17) is 14.2 Å². The van der Waals surface area contributed by atoms with Crippen molar-refractivity contribution in [2.45, 2.75) is 105 Å². The number of carboxylic acid groups (broad SMARTS) is 1. The van der Waals surface area contributed by atoms with Crippen molar-refractivity contribution >= 4 is 42.1 Å². The monoisotopic (exact) mass is 623 g/mol. The first-order valence-electron chi connectivity index (χ1n) is 14.1. The lowest BCUT2D eigenvalue weighted by atomic mass is 10.1. The van der Waals surface area contributed by atoms with Crippen molar-refractivity contribution in [1.82, 2.24) is 31.0 Å². The first kappa shape index (κ1) is 35.6. The highest BCUT2D eigenvalue weighted by Crippen LogP contribution is 2.27. The van der Waals surface area contributed by atoms with Crippen LogP contribution in [0.4, 0.5) is 25.0 Å². The van der Waals surface area contributed by atoms with Crippen molar-refractivity contribution in [3.05, 3.63) is 11.8 Å². The Kier molecular flexibility index (Phi) is 11.9. The molecule has 2 rings (SSSR count). The molecule has 1 aromatic rings. The number of aryl methyl sites for hydroxylation is 1. The Labute approximate surface area is 256 Å². The fourth-order valence-corrected chi connectivity index (χ4v) is 3.72. The molecule has 1 aliphatic heterocycles. The summed E-state index contributed by atoms with van der Waals surface area (Å²) in [4.78, 5) is 56.5. The zero-order chi connectivity index (χ0) is 33.3. The maximum Gasteiger partial charge on any atom is 0.437 e. The molecule has 4 amide bonds. The number of nitrogens with one attached hydrogen (secondary N) is 5. The lowest BCUT2D eigenvalue weighted by Crippen LogP contribution is -2.46. The van der Waals surface area contributed by atoms with Gasteiger partial charge in [0.25, 0.3) is 0 Å². The minimum atomic E-state index is -1.45. The standard InChI is InChI=1S/C27H45N9O8/c1-25(2,3)42-22(39)33-19(32-21(37)38)29-13-11-17(16-15-30-36-14-10-12-28-18(16)36)31-20(34-23(40)43-26(4,5)6)35-24(41)44-27(7,8)9/h15,17,28H,10-14H2,1-9H3,(H,37,38)(H2,29,32,33,39)(H2,31,34,35,40,41). The molecule has 246 valence electrons. The quantitative estimate of drug-likeness (QED) is 0.157. The first-order chi connectivity index (χ1) is 20.2. The fraction of sp³-hybridized carbons (Fsp3) is 0.667. The summed E-state index contributed by atoms with van der Waals surface area (Å²) in [6.07, 6.45) is -1.57. The van der Waals surface area contributed by atoms with Gasteiger partial charge in [0.15, 0.2) is 0 Å². The zero-order valence-corrected chi connectivity index (χ0v) is 26.8. The smallest absolute Gasteiger partial charge is 0.437 e. The van der Waals surface area contributed by atoms with E-state index in [-0.39, 0.29) is 24.9 Å². The number of aliphatic imine (C=N–C) groups is 2. The molecule has 1 unspecified atom stereocenters. The van der Waals surface area contributed by atoms with Gasteiger partial charge in [-0.3, -0.25) is 10.6 Å². The first-order valence-corrected chi connectivity index (χ1v) is 14.1. The van der Waals surface area contributed by atoms with Crippen molar-refractivity contribution in [3.8, 4) is 0 Å². The predicted molar refractivity (Wildman–Crippen MR) is 162 cm³/mol. The largest absolute Gasteiger partial charge is 0.465 e. The third-order valence-electron chi connectivity index (χ3n) is 5.16. The molecular weight excluding hydrogens is 578 g/mol. The van der Waals surface area contributed by atoms with Crippen LogP contribution in [0.1, 0.15) is 86.8 Å². The van der Waals surface area contributed by atoms with Crippen LogP contribution in [0.2, 0.25) is 0 Å². The number of fused-ring (bicyclic) bond motifs is 1. The van der Waals surface area contributed by atoms with Gasteiger partial charge in [-0.05, 0) is 75.2 Å². The number of hydrogen-bond donors (Lipinski definition) is 6.